The Bertz CT molecular complexity index is 385. The quantitative estimate of drug-likeness (QED) is 0.850. The van der Waals surface area contributed by atoms with Gasteiger partial charge >= 0.3 is 0 Å². The molecule has 1 saturated heterocycles. The molecule has 1 aliphatic rings. The van der Waals surface area contributed by atoms with Gasteiger partial charge in [-0.3, -0.25) is 4.79 Å². The third kappa shape index (κ3) is 2.95. The lowest BCUT2D eigenvalue weighted by Crippen LogP contribution is -2.49. The molecule has 1 aromatic rings. The molecule has 0 aromatic carbocycles. The predicted molar refractivity (Wildman–Crippen MR) is 69.3 cm³/mol. The number of carbonyl (C=O) groups excluding carboxylic acids is 1. The lowest BCUT2D eigenvalue weighted by Gasteiger charge is -2.34. The van der Waals surface area contributed by atoms with E-state index < -0.39 is 0 Å². The normalized spacial score (nSPS) is 16.4. The van der Waals surface area contributed by atoms with Gasteiger partial charge in [0.05, 0.1) is 5.69 Å². The molecule has 1 aromatic heterocycles. The monoisotopic (exact) mass is 254 g/mol. The average molecular weight is 254 g/mol. The number of nitrogens with two attached hydrogens (primary N) is 1. The zero-order valence-corrected chi connectivity index (χ0v) is 10.9. The molecule has 2 rings (SSSR count). The van der Waals surface area contributed by atoms with Crippen LogP contribution in [-0.2, 0) is 4.79 Å². The Morgan fingerprint density at radius 3 is 2.71 bits per heavy atom. The van der Waals surface area contributed by atoms with E-state index in [0.29, 0.717) is 13.0 Å². The van der Waals surface area contributed by atoms with Crippen molar-refractivity contribution < 1.29 is 4.79 Å². The summed E-state index contributed by atoms with van der Waals surface area (Å²) in [5, 5.41) is 3.12. The molecule has 0 atom stereocenters. The summed E-state index contributed by atoms with van der Waals surface area (Å²) in [6.07, 6.45) is 0.455. The van der Waals surface area contributed by atoms with Crippen molar-refractivity contribution >= 4 is 22.4 Å². The van der Waals surface area contributed by atoms with Gasteiger partial charge in [-0.25, -0.2) is 4.98 Å². The minimum Gasteiger partial charge on any atom is -0.345 e. The summed E-state index contributed by atoms with van der Waals surface area (Å²) in [6.45, 7) is 5.72. The van der Waals surface area contributed by atoms with Crippen LogP contribution in [0.15, 0.2) is 5.38 Å². The molecule has 1 aliphatic heterocycles. The molecule has 1 fully saturated rings. The second-order valence-electron chi connectivity index (χ2n) is 4.18. The van der Waals surface area contributed by atoms with E-state index in [4.69, 9.17) is 5.73 Å². The maximum Gasteiger partial charge on any atom is 0.223 e. The van der Waals surface area contributed by atoms with Crippen molar-refractivity contribution in [2.45, 2.75) is 13.3 Å². The minimum absolute atomic E-state index is 0.169. The van der Waals surface area contributed by atoms with Gasteiger partial charge in [-0.2, -0.15) is 0 Å². The molecular formula is C11H18N4OS. The van der Waals surface area contributed by atoms with Gasteiger partial charge in [-0.15, -0.1) is 11.3 Å². The van der Waals surface area contributed by atoms with Gasteiger partial charge in [0.25, 0.3) is 0 Å². The van der Waals surface area contributed by atoms with E-state index in [1.165, 1.54) is 0 Å². The van der Waals surface area contributed by atoms with Crippen LogP contribution in [0.5, 0.6) is 0 Å². The van der Waals surface area contributed by atoms with Crippen LogP contribution in [0.1, 0.15) is 12.1 Å². The van der Waals surface area contributed by atoms with Gasteiger partial charge in [-0.1, -0.05) is 0 Å². The summed E-state index contributed by atoms with van der Waals surface area (Å²) in [7, 11) is 0. The van der Waals surface area contributed by atoms with Crippen LogP contribution < -0.4 is 10.6 Å². The second kappa shape index (κ2) is 5.46. The minimum atomic E-state index is 0.169. The first-order valence-corrected chi connectivity index (χ1v) is 6.73. The molecule has 0 bridgehead atoms. The van der Waals surface area contributed by atoms with Gasteiger partial charge in [-0.05, 0) is 6.92 Å². The first-order valence-electron chi connectivity index (χ1n) is 5.85. The fraction of sp³-hybridized carbons (Fsp3) is 0.636. The number of aromatic nitrogens is 1. The lowest BCUT2D eigenvalue weighted by atomic mass is 10.3. The van der Waals surface area contributed by atoms with Crippen LogP contribution in [0.3, 0.4) is 0 Å². The number of rotatable bonds is 3. The third-order valence-electron chi connectivity index (χ3n) is 2.87. The van der Waals surface area contributed by atoms with Crippen molar-refractivity contribution in [3.8, 4) is 0 Å². The molecule has 17 heavy (non-hydrogen) atoms. The molecule has 1 amide bonds. The zero-order chi connectivity index (χ0) is 12.3. The molecule has 0 radical (unpaired) electrons. The summed E-state index contributed by atoms with van der Waals surface area (Å²) in [5.41, 5.74) is 6.45. The van der Waals surface area contributed by atoms with Crippen LogP contribution >= 0.6 is 11.3 Å². The van der Waals surface area contributed by atoms with Gasteiger partial charge < -0.3 is 15.5 Å². The molecule has 0 saturated carbocycles. The molecule has 0 aliphatic carbocycles. The van der Waals surface area contributed by atoms with Gasteiger partial charge in [0.2, 0.25) is 5.91 Å². The standard InChI is InChI=1S/C11H18N4OS/c1-9-8-17-11(13-9)15-6-4-14(5-7-15)10(16)2-3-12/h8H,2-7,12H2,1H3. The molecule has 0 unspecified atom stereocenters. The second-order valence-corrected chi connectivity index (χ2v) is 5.01. The van der Waals surface area contributed by atoms with Crippen molar-refractivity contribution in [3.63, 3.8) is 0 Å². The van der Waals surface area contributed by atoms with E-state index in [-0.39, 0.29) is 5.91 Å². The van der Waals surface area contributed by atoms with E-state index in [9.17, 15) is 4.79 Å². The molecule has 6 heteroatoms. The first kappa shape index (κ1) is 12.3. The zero-order valence-electron chi connectivity index (χ0n) is 10.1. The first-order chi connectivity index (χ1) is 8.20. The highest BCUT2D eigenvalue weighted by Crippen LogP contribution is 2.21. The molecule has 0 spiro atoms. The number of amides is 1. The fourth-order valence-electron chi connectivity index (χ4n) is 1.92. The topological polar surface area (TPSA) is 62.5 Å². The highest BCUT2D eigenvalue weighted by molar-refractivity contribution is 7.13. The number of piperazine rings is 1. The Labute approximate surface area is 105 Å². The van der Waals surface area contributed by atoms with E-state index >= 15 is 0 Å². The molecule has 94 valence electrons. The summed E-state index contributed by atoms with van der Waals surface area (Å²) in [5.74, 6) is 0.169. The number of aryl methyl sites for hydroxylation is 1. The largest absolute Gasteiger partial charge is 0.345 e. The van der Waals surface area contributed by atoms with E-state index in [0.717, 1.165) is 37.0 Å². The highest BCUT2D eigenvalue weighted by Gasteiger charge is 2.21. The number of hydrogen-bond donors (Lipinski definition) is 1. The van der Waals surface area contributed by atoms with Crippen molar-refractivity contribution in [1.29, 1.82) is 0 Å². The van der Waals surface area contributed by atoms with Gasteiger partial charge in [0.15, 0.2) is 5.13 Å². The van der Waals surface area contributed by atoms with Gasteiger partial charge in [0.1, 0.15) is 0 Å². The third-order valence-corrected chi connectivity index (χ3v) is 3.89. The van der Waals surface area contributed by atoms with Crippen LogP contribution in [0.2, 0.25) is 0 Å². The Morgan fingerprint density at radius 2 is 2.18 bits per heavy atom. The van der Waals surface area contributed by atoms with Crippen molar-refractivity contribution in [3.05, 3.63) is 11.1 Å². The van der Waals surface area contributed by atoms with Crippen LogP contribution in [-0.4, -0.2) is 48.5 Å². The maximum absolute atomic E-state index is 11.7. The van der Waals surface area contributed by atoms with Crippen LogP contribution in [0.25, 0.3) is 0 Å². The molecule has 5 nitrogen and oxygen atoms in total. The number of nitrogens with zero attached hydrogens (tertiary/aromatic N) is 3. The van der Waals surface area contributed by atoms with Crippen molar-refractivity contribution in [2.24, 2.45) is 5.73 Å². The number of thiazole rings is 1. The SMILES string of the molecule is Cc1csc(N2CCN(C(=O)CCN)CC2)n1. The summed E-state index contributed by atoms with van der Waals surface area (Å²) < 4.78 is 0. The van der Waals surface area contributed by atoms with Gasteiger partial charge in [0, 0.05) is 44.5 Å². The molecule has 2 N–H and O–H groups in total. The van der Waals surface area contributed by atoms with E-state index in [1.54, 1.807) is 11.3 Å². The maximum atomic E-state index is 11.7. The molecular weight excluding hydrogens is 236 g/mol. The summed E-state index contributed by atoms with van der Waals surface area (Å²) in [6, 6.07) is 0. The Balaban J connectivity index is 1.88. The Hall–Kier alpha value is -1.14. The van der Waals surface area contributed by atoms with E-state index in [1.807, 2.05) is 11.8 Å². The Morgan fingerprint density at radius 1 is 1.47 bits per heavy atom. The van der Waals surface area contributed by atoms with Crippen molar-refractivity contribution in [2.75, 3.05) is 37.6 Å². The number of carbonyl (C=O) groups is 1. The lowest BCUT2D eigenvalue weighted by molar-refractivity contribution is -0.131. The van der Waals surface area contributed by atoms with Crippen molar-refractivity contribution in [1.82, 2.24) is 9.88 Å². The highest BCUT2D eigenvalue weighted by atomic mass is 32.1. The van der Waals surface area contributed by atoms with Crippen LogP contribution in [0.4, 0.5) is 5.13 Å². The van der Waals surface area contributed by atoms with E-state index in [2.05, 4.69) is 15.3 Å². The predicted octanol–water partition coefficient (Wildman–Crippen LogP) is 0.449. The van der Waals surface area contributed by atoms with Crippen LogP contribution in [0, 0.1) is 6.92 Å². The summed E-state index contributed by atoms with van der Waals surface area (Å²) in [4.78, 5) is 20.3. The number of hydrogen-bond acceptors (Lipinski definition) is 5. The molecule has 2 heterocycles. The number of anilines is 1. The smallest absolute Gasteiger partial charge is 0.223 e. The Kier molecular flexibility index (Phi) is 3.96. The average Bonchev–Trinajstić information content (AvgIpc) is 2.76. The fourth-order valence-corrected chi connectivity index (χ4v) is 2.77. The summed E-state index contributed by atoms with van der Waals surface area (Å²) >= 11 is 1.67.